The molecular formula is C26H21N3O7S. The van der Waals surface area contributed by atoms with E-state index in [-0.39, 0.29) is 15.7 Å². The Bertz CT molecular complexity index is 1680. The Kier molecular flexibility index (Phi) is 6.00. The standard InChI is InChI=1S/C26H21N3O7S/c1-13-19(25(34)36-3)21(14-8-10-15(35-2)11-9-14)29-24(33)22(37-26(29)27-13)20-16-6-4-5-7-17(16)28(23(20)32)12-18(30)31/h4-11,21H,12H2,1-3H3,(H,30,31)/b22-20-/t21-/m1/s1. The summed E-state index contributed by atoms with van der Waals surface area (Å²) >= 11 is 1.02. The molecule has 1 atom stereocenters. The van der Waals surface area contributed by atoms with Crippen molar-refractivity contribution >= 4 is 40.4 Å². The predicted octanol–water partition coefficient (Wildman–Crippen LogP) is 1.22. The van der Waals surface area contributed by atoms with Crippen LogP contribution in [-0.4, -0.2) is 48.3 Å². The predicted molar refractivity (Wildman–Crippen MR) is 134 cm³/mol. The van der Waals surface area contributed by atoms with Gasteiger partial charge in [0.25, 0.3) is 11.5 Å². The monoisotopic (exact) mass is 519 g/mol. The number of hydrogen-bond donors (Lipinski definition) is 1. The number of anilines is 1. The quantitative estimate of drug-likeness (QED) is 0.502. The molecule has 0 radical (unpaired) electrons. The van der Waals surface area contributed by atoms with Gasteiger partial charge in [0.15, 0.2) is 4.80 Å². The van der Waals surface area contributed by atoms with Crippen LogP contribution in [0.5, 0.6) is 5.75 Å². The van der Waals surface area contributed by atoms with Gasteiger partial charge in [0.2, 0.25) is 0 Å². The summed E-state index contributed by atoms with van der Waals surface area (Å²) in [7, 11) is 2.79. The van der Waals surface area contributed by atoms with E-state index >= 15 is 0 Å². The fourth-order valence-corrected chi connectivity index (χ4v) is 5.77. The van der Waals surface area contributed by atoms with Gasteiger partial charge in [-0.3, -0.25) is 23.9 Å². The van der Waals surface area contributed by atoms with Crippen LogP contribution in [0, 0.1) is 0 Å². The van der Waals surface area contributed by atoms with Gasteiger partial charge in [-0.25, -0.2) is 9.79 Å². The largest absolute Gasteiger partial charge is 0.497 e. The highest BCUT2D eigenvalue weighted by Gasteiger charge is 2.37. The molecule has 188 valence electrons. The molecule has 1 aromatic heterocycles. The fourth-order valence-electron chi connectivity index (χ4n) is 4.64. The fraction of sp³-hybridized carbons (Fsp3) is 0.192. The number of carbonyl (C=O) groups is 3. The SMILES string of the molecule is COC(=O)C1=C(C)N=c2s/c(=C3\C(=O)N(CC(=O)O)c4ccccc43)c(=O)n2[C@@H]1c1ccc(OC)cc1. The topological polar surface area (TPSA) is 128 Å². The minimum absolute atomic E-state index is 0.106. The number of ether oxygens (including phenoxy) is 2. The van der Waals surface area contributed by atoms with Gasteiger partial charge < -0.3 is 14.6 Å². The van der Waals surface area contributed by atoms with E-state index in [2.05, 4.69) is 4.99 Å². The number of methoxy groups -OCH3 is 2. The number of carboxylic acids is 1. The van der Waals surface area contributed by atoms with Gasteiger partial charge >= 0.3 is 11.9 Å². The molecule has 5 rings (SSSR count). The number of fused-ring (bicyclic) bond motifs is 2. The van der Waals surface area contributed by atoms with E-state index in [1.165, 1.54) is 18.8 Å². The lowest BCUT2D eigenvalue weighted by Crippen LogP contribution is -2.41. The molecule has 11 heteroatoms. The number of carbonyl (C=O) groups excluding carboxylic acids is 2. The number of amides is 1. The van der Waals surface area contributed by atoms with Crippen LogP contribution in [0.4, 0.5) is 5.69 Å². The lowest BCUT2D eigenvalue weighted by atomic mass is 9.96. The van der Waals surface area contributed by atoms with Crippen molar-refractivity contribution in [3.05, 3.63) is 90.6 Å². The maximum absolute atomic E-state index is 14.0. The highest BCUT2D eigenvalue weighted by atomic mass is 32.1. The average Bonchev–Trinajstić information content (AvgIpc) is 3.35. The first kappa shape index (κ1) is 24.2. The Hall–Kier alpha value is -4.51. The van der Waals surface area contributed by atoms with Gasteiger partial charge in [0.05, 0.1) is 42.8 Å². The summed E-state index contributed by atoms with van der Waals surface area (Å²) in [4.78, 5) is 57.6. The number of aromatic nitrogens is 1. The van der Waals surface area contributed by atoms with Crippen molar-refractivity contribution in [2.24, 2.45) is 4.99 Å². The Morgan fingerprint density at radius 2 is 1.78 bits per heavy atom. The summed E-state index contributed by atoms with van der Waals surface area (Å²) in [5, 5.41) is 9.35. The van der Waals surface area contributed by atoms with Crippen molar-refractivity contribution in [3.8, 4) is 5.75 Å². The van der Waals surface area contributed by atoms with E-state index in [4.69, 9.17) is 9.47 Å². The van der Waals surface area contributed by atoms with Crippen molar-refractivity contribution in [3.63, 3.8) is 0 Å². The molecule has 3 heterocycles. The van der Waals surface area contributed by atoms with Crippen LogP contribution in [-0.2, 0) is 19.1 Å². The van der Waals surface area contributed by atoms with Gasteiger partial charge in [-0.2, -0.15) is 0 Å². The smallest absolute Gasteiger partial charge is 0.338 e. The van der Waals surface area contributed by atoms with Crippen molar-refractivity contribution < 1.29 is 29.0 Å². The molecule has 0 saturated heterocycles. The van der Waals surface area contributed by atoms with Gasteiger partial charge in [-0.15, -0.1) is 0 Å². The molecule has 37 heavy (non-hydrogen) atoms. The van der Waals surface area contributed by atoms with Crippen LogP contribution in [0.1, 0.15) is 24.1 Å². The van der Waals surface area contributed by atoms with Crippen LogP contribution >= 0.6 is 11.3 Å². The van der Waals surface area contributed by atoms with E-state index in [9.17, 15) is 24.3 Å². The Balaban J connectivity index is 1.80. The molecule has 1 amide bonds. The first-order valence-electron chi connectivity index (χ1n) is 11.2. The number of hydrogen-bond acceptors (Lipinski definition) is 8. The molecule has 0 unspecified atom stereocenters. The van der Waals surface area contributed by atoms with Crippen LogP contribution in [0.15, 0.2) is 69.6 Å². The summed E-state index contributed by atoms with van der Waals surface area (Å²) in [5.41, 5.74) is 1.67. The van der Waals surface area contributed by atoms with Crippen LogP contribution in [0.3, 0.4) is 0 Å². The molecule has 3 aromatic rings. The number of allylic oxidation sites excluding steroid dienone is 1. The number of nitrogens with zero attached hydrogens (tertiary/aromatic N) is 3. The molecule has 1 N–H and O–H groups in total. The van der Waals surface area contributed by atoms with Crippen molar-refractivity contribution in [1.29, 1.82) is 0 Å². The summed E-state index contributed by atoms with van der Waals surface area (Å²) in [5.74, 6) is -1.79. The van der Waals surface area contributed by atoms with Crippen molar-refractivity contribution in [2.75, 3.05) is 25.7 Å². The third kappa shape index (κ3) is 3.84. The third-order valence-corrected chi connectivity index (χ3v) is 7.33. The second-order valence-corrected chi connectivity index (χ2v) is 9.32. The lowest BCUT2D eigenvalue weighted by Gasteiger charge is -2.24. The molecule has 0 aliphatic carbocycles. The molecule has 0 bridgehead atoms. The normalized spacial score (nSPS) is 17.8. The Morgan fingerprint density at radius 3 is 2.43 bits per heavy atom. The maximum atomic E-state index is 14.0. The first-order chi connectivity index (χ1) is 17.8. The number of rotatable bonds is 5. The third-order valence-electron chi connectivity index (χ3n) is 6.28. The molecule has 2 aliphatic rings. The lowest BCUT2D eigenvalue weighted by molar-refractivity contribution is -0.137. The molecular weight excluding hydrogens is 498 g/mol. The number of para-hydroxylation sites is 1. The van der Waals surface area contributed by atoms with Crippen LogP contribution in [0.25, 0.3) is 5.57 Å². The maximum Gasteiger partial charge on any atom is 0.338 e. The Morgan fingerprint density at radius 1 is 1.08 bits per heavy atom. The second kappa shape index (κ2) is 9.17. The van der Waals surface area contributed by atoms with E-state index < -0.39 is 36.0 Å². The summed E-state index contributed by atoms with van der Waals surface area (Å²) in [6, 6.07) is 12.8. The number of esters is 1. The van der Waals surface area contributed by atoms with E-state index in [1.807, 2.05) is 0 Å². The molecule has 0 spiro atoms. The zero-order valence-corrected chi connectivity index (χ0v) is 20.9. The minimum atomic E-state index is -1.18. The molecule has 2 aliphatic heterocycles. The highest BCUT2D eigenvalue weighted by molar-refractivity contribution is 7.07. The number of thiazole rings is 1. The minimum Gasteiger partial charge on any atom is -0.497 e. The molecule has 10 nitrogen and oxygen atoms in total. The summed E-state index contributed by atoms with van der Waals surface area (Å²) in [6.45, 7) is 1.12. The van der Waals surface area contributed by atoms with Crippen LogP contribution < -0.4 is 24.5 Å². The van der Waals surface area contributed by atoms with E-state index in [1.54, 1.807) is 55.5 Å². The number of carboxylic acid groups (broad SMARTS) is 1. The molecule has 2 aromatic carbocycles. The molecule has 0 saturated carbocycles. The zero-order valence-electron chi connectivity index (χ0n) is 20.0. The van der Waals surface area contributed by atoms with E-state index in [0.717, 1.165) is 16.2 Å². The van der Waals surface area contributed by atoms with Crippen LogP contribution in [0.2, 0.25) is 0 Å². The second-order valence-electron chi connectivity index (χ2n) is 8.34. The molecule has 0 fully saturated rings. The van der Waals surface area contributed by atoms with Crippen molar-refractivity contribution in [1.82, 2.24) is 4.57 Å². The average molecular weight is 520 g/mol. The van der Waals surface area contributed by atoms with Gasteiger partial charge in [-0.05, 0) is 30.7 Å². The number of benzene rings is 2. The summed E-state index contributed by atoms with van der Waals surface area (Å²) in [6.07, 6.45) is 0. The van der Waals surface area contributed by atoms with Gasteiger partial charge in [0, 0.05) is 5.56 Å². The number of aliphatic carboxylic acids is 1. The Labute approximate surface area is 214 Å². The highest BCUT2D eigenvalue weighted by Crippen LogP contribution is 2.35. The van der Waals surface area contributed by atoms with E-state index in [0.29, 0.717) is 33.1 Å². The van der Waals surface area contributed by atoms with Gasteiger partial charge in [0.1, 0.15) is 16.8 Å². The van der Waals surface area contributed by atoms with Crippen molar-refractivity contribution in [2.45, 2.75) is 13.0 Å². The first-order valence-corrected chi connectivity index (χ1v) is 12.0. The zero-order chi connectivity index (χ0) is 26.4. The summed E-state index contributed by atoms with van der Waals surface area (Å²) < 4.78 is 11.8. The van der Waals surface area contributed by atoms with Gasteiger partial charge in [-0.1, -0.05) is 41.7 Å².